The number of carbonyl (C=O) groups excluding carboxylic acids is 1. The van der Waals surface area contributed by atoms with Gasteiger partial charge in [0.15, 0.2) is 0 Å². The first-order valence-electron chi connectivity index (χ1n) is 6.94. The highest BCUT2D eigenvalue weighted by Gasteiger charge is 2.23. The highest BCUT2D eigenvalue weighted by atomic mass is 16.2. The lowest BCUT2D eigenvalue weighted by Gasteiger charge is -2.35. The molecule has 1 aromatic carbocycles. The van der Waals surface area contributed by atoms with Crippen molar-refractivity contribution in [1.82, 2.24) is 10.2 Å². The van der Waals surface area contributed by atoms with Crippen molar-refractivity contribution < 1.29 is 4.79 Å². The lowest BCUT2D eigenvalue weighted by atomic mass is 10.0. The van der Waals surface area contributed by atoms with Crippen LogP contribution in [-0.2, 0) is 4.79 Å². The molecule has 0 radical (unpaired) electrons. The van der Waals surface area contributed by atoms with E-state index in [1.165, 1.54) is 11.3 Å². The van der Waals surface area contributed by atoms with Gasteiger partial charge in [-0.25, -0.2) is 0 Å². The van der Waals surface area contributed by atoms with Crippen LogP contribution in [-0.4, -0.2) is 44.0 Å². The molecular formula is C15H23N3O. The molecule has 1 amide bonds. The lowest BCUT2D eigenvalue weighted by Crippen LogP contribution is -2.49. The summed E-state index contributed by atoms with van der Waals surface area (Å²) in [6.07, 6.45) is 0. The van der Waals surface area contributed by atoms with Crippen molar-refractivity contribution in [1.29, 1.82) is 0 Å². The summed E-state index contributed by atoms with van der Waals surface area (Å²) in [4.78, 5) is 15.8. The van der Waals surface area contributed by atoms with Crippen LogP contribution in [0, 0.1) is 0 Å². The Morgan fingerprint density at radius 2 is 2.05 bits per heavy atom. The van der Waals surface area contributed by atoms with Crippen molar-refractivity contribution in [3.8, 4) is 0 Å². The average Bonchev–Trinajstić information content (AvgIpc) is 2.42. The molecule has 0 bridgehead atoms. The Balaban J connectivity index is 2.22. The fourth-order valence-electron chi connectivity index (χ4n) is 2.52. The number of rotatable bonds is 4. The Morgan fingerprint density at radius 1 is 1.32 bits per heavy atom. The van der Waals surface area contributed by atoms with Crippen LogP contribution >= 0.6 is 0 Å². The van der Waals surface area contributed by atoms with E-state index in [4.69, 9.17) is 0 Å². The molecule has 4 nitrogen and oxygen atoms in total. The summed E-state index contributed by atoms with van der Waals surface area (Å²) in [7, 11) is 1.87. The first kappa shape index (κ1) is 13.9. The van der Waals surface area contributed by atoms with E-state index in [2.05, 4.69) is 42.3 Å². The van der Waals surface area contributed by atoms with Crippen molar-refractivity contribution >= 4 is 11.6 Å². The quantitative estimate of drug-likeness (QED) is 0.895. The predicted octanol–water partition coefficient (Wildman–Crippen LogP) is 1.64. The zero-order valence-electron chi connectivity index (χ0n) is 12.0. The van der Waals surface area contributed by atoms with Crippen LogP contribution in [0.25, 0.3) is 0 Å². The maximum absolute atomic E-state index is 11.9. The van der Waals surface area contributed by atoms with Crippen molar-refractivity contribution in [2.75, 3.05) is 38.1 Å². The molecule has 2 rings (SSSR count). The smallest absolute Gasteiger partial charge is 0.241 e. The summed E-state index contributed by atoms with van der Waals surface area (Å²) in [5.41, 5.74) is 2.44. The number of benzene rings is 1. The second kappa shape index (κ2) is 6.06. The Hall–Kier alpha value is -1.55. The van der Waals surface area contributed by atoms with Gasteiger partial charge in [0.2, 0.25) is 5.91 Å². The van der Waals surface area contributed by atoms with E-state index < -0.39 is 0 Å². The summed E-state index contributed by atoms with van der Waals surface area (Å²) in [5.74, 6) is 0.192. The van der Waals surface area contributed by atoms with Crippen molar-refractivity contribution in [2.45, 2.75) is 19.9 Å². The van der Waals surface area contributed by atoms with E-state index in [9.17, 15) is 4.79 Å². The number of para-hydroxylation sites is 1. The van der Waals surface area contributed by atoms with Crippen LogP contribution in [0.15, 0.2) is 24.3 Å². The fraction of sp³-hybridized carbons (Fsp3) is 0.533. The number of piperazine rings is 1. The number of hydrogen-bond donors (Lipinski definition) is 1. The number of nitrogens with one attached hydrogen (secondary N) is 1. The molecule has 0 saturated carbocycles. The maximum atomic E-state index is 11.9. The van der Waals surface area contributed by atoms with E-state index in [1.807, 2.05) is 13.1 Å². The summed E-state index contributed by atoms with van der Waals surface area (Å²) in [6.45, 7) is 7.39. The first-order chi connectivity index (χ1) is 9.13. The average molecular weight is 261 g/mol. The minimum absolute atomic E-state index is 0.192. The monoisotopic (exact) mass is 261 g/mol. The molecule has 19 heavy (non-hydrogen) atoms. The minimum atomic E-state index is 0.192. The summed E-state index contributed by atoms with van der Waals surface area (Å²) < 4.78 is 0. The van der Waals surface area contributed by atoms with Crippen LogP contribution in [0.5, 0.6) is 0 Å². The molecule has 4 heteroatoms. The molecule has 0 aliphatic carbocycles. The van der Waals surface area contributed by atoms with Crippen molar-refractivity contribution in [2.24, 2.45) is 0 Å². The van der Waals surface area contributed by atoms with Gasteiger partial charge in [-0.3, -0.25) is 4.79 Å². The lowest BCUT2D eigenvalue weighted by molar-refractivity contribution is -0.129. The van der Waals surface area contributed by atoms with Gasteiger partial charge in [0.1, 0.15) is 0 Å². The van der Waals surface area contributed by atoms with Gasteiger partial charge in [-0.2, -0.15) is 0 Å². The predicted molar refractivity (Wildman–Crippen MR) is 78.4 cm³/mol. The SMILES string of the molecule is CCNC(C)c1ccccc1N1CCN(C)C(=O)C1. The van der Waals surface area contributed by atoms with Gasteiger partial charge in [-0.15, -0.1) is 0 Å². The second-order valence-electron chi connectivity index (χ2n) is 5.08. The topological polar surface area (TPSA) is 35.6 Å². The maximum Gasteiger partial charge on any atom is 0.241 e. The molecule has 1 fully saturated rings. The highest BCUT2D eigenvalue weighted by Crippen LogP contribution is 2.27. The summed E-state index contributed by atoms with van der Waals surface area (Å²) in [6, 6.07) is 8.66. The van der Waals surface area contributed by atoms with E-state index in [-0.39, 0.29) is 5.91 Å². The number of amides is 1. The molecule has 0 aromatic heterocycles. The largest absolute Gasteiger partial charge is 0.360 e. The normalized spacial score (nSPS) is 17.7. The van der Waals surface area contributed by atoms with Crippen molar-refractivity contribution in [3.63, 3.8) is 0 Å². The molecule has 1 unspecified atom stereocenters. The van der Waals surface area contributed by atoms with Crippen LogP contribution in [0.3, 0.4) is 0 Å². The first-order valence-corrected chi connectivity index (χ1v) is 6.94. The van der Waals surface area contributed by atoms with E-state index in [1.54, 1.807) is 4.90 Å². The summed E-state index contributed by atoms with van der Waals surface area (Å²) >= 11 is 0. The third-order valence-corrected chi connectivity index (χ3v) is 3.71. The molecule has 1 aliphatic heterocycles. The third kappa shape index (κ3) is 3.07. The molecule has 1 aromatic rings. The number of nitrogens with zero attached hydrogens (tertiary/aromatic N) is 2. The van der Waals surface area contributed by atoms with Gasteiger partial charge in [-0.1, -0.05) is 25.1 Å². The Labute approximate surface area is 115 Å². The second-order valence-corrected chi connectivity index (χ2v) is 5.08. The number of carbonyl (C=O) groups is 1. The Kier molecular flexibility index (Phi) is 4.43. The highest BCUT2D eigenvalue weighted by molar-refractivity contribution is 5.83. The zero-order valence-corrected chi connectivity index (χ0v) is 12.0. The minimum Gasteiger partial charge on any atom is -0.360 e. The van der Waals surface area contributed by atoms with E-state index >= 15 is 0 Å². The van der Waals surface area contributed by atoms with Crippen LogP contribution < -0.4 is 10.2 Å². The molecule has 1 heterocycles. The van der Waals surface area contributed by atoms with Crippen LogP contribution in [0.4, 0.5) is 5.69 Å². The molecule has 104 valence electrons. The van der Waals surface area contributed by atoms with Gasteiger partial charge in [0.25, 0.3) is 0 Å². The molecule has 1 N–H and O–H groups in total. The van der Waals surface area contributed by atoms with Gasteiger partial charge in [0, 0.05) is 31.9 Å². The van der Waals surface area contributed by atoms with Gasteiger partial charge in [0.05, 0.1) is 6.54 Å². The number of likely N-dealkylation sites (N-methyl/N-ethyl adjacent to an activating group) is 1. The summed E-state index contributed by atoms with van der Waals surface area (Å²) in [5, 5.41) is 3.44. The molecule has 1 atom stereocenters. The Bertz CT molecular complexity index is 447. The zero-order chi connectivity index (χ0) is 13.8. The van der Waals surface area contributed by atoms with Gasteiger partial charge >= 0.3 is 0 Å². The third-order valence-electron chi connectivity index (χ3n) is 3.71. The molecule has 0 spiro atoms. The fourth-order valence-corrected chi connectivity index (χ4v) is 2.52. The van der Waals surface area contributed by atoms with Crippen LogP contribution in [0.1, 0.15) is 25.5 Å². The molecule has 1 aliphatic rings. The van der Waals surface area contributed by atoms with Crippen LogP contribution in [0.2, 0.25) is 0 Å². The van der Waals surface area contributed by atoms with Gasteiger partial charge < -0.3 is 15.1 Å². The Morgan fingerprint density at radius 3 is 2.74 bits per heavy atom. The van der Waals surface area contributed by atoms with E-state index in [0.717, 1.165) is 19.6 Å². The van der Waals surface area contributed by atoms with E-state index in [0.29, 0.717) is 12.6 Å². The molecule has 1 saturated heterocycles. The molecular weight excluding hydrogens is 238 g/mol. The van der Waals surface area contributed by atoms with Gasteiger partial charge in [-0.05, 0) is 25.1 Å². The number of hydrogen-bond acceptors (Lipinski definition) is 3. The van der Waals surface area contributed by atoms with Crippen molar-refractivity contribution in [3.05, 3.63) is 29.8 Å². The standard InChI is InChI=1S/C15H23N3O/c1-4-16-12(2)13-7-5-6-8-14(13)18-10-9-17(3)15(19)11-18/h5-8,12,16H,4,9-11H2,1-3H3. The number of anilines is 1.